The van der Waals surface area contributed by atoms with E-state index in [-0.39, 0.29) is 24.7 Å². The van der Waals surface area contributed by atoms with Crippen molar-refractivity contribution in [2.24, 2.45) is 0 Å². The second-order valence-corrected chi connectivity index (χ2v) is 5.91. The van der Waals surface area contributed by atoms with E-state index in [2.05, 4.69) is 4.98 Å². The number of esters is 2. The van der Waals surface area contributed by atoms with E-state index in [0.29, 0.717) is 28.3 Å². The van der Waals surface area contributed by atoms with Gasteiger partial charge < -0.3 is 23.9 Å². The second-order valence-electron chi connectivity index (χ2n) is 5.91. The standard InChI is InChI=1S/C19H19NO7/c1-4-24-19(23)17-10(2)16(11(3)20-17)13(21)8-25-18(22)12-5-6-14-15(7-12)27-9-26-14/h5-7,20H,4,8-9H2,1-3H3. The molecule has 1 N–H and O–H groups in total. The first-order chi connectivity index (χ1) is 12.9. The van der Waals surface area contributed by atoms with Crippen molar-refractivity contribution in [2.45, 2.75) is 20.8 Å². The number of fused-ring (bicyclic) bond motifs is 1. The van der Waals surface area contributed by atoms with Crippen molar-refractivity contribution < 1.29 is 33.3 Å². The van der Waals surface area contributed by atoms with E-state index in [4.69, 9.17) is 18.9 Å². The van der Waals surface area contributed by atoms with Crippen LogP contribution in [0, 0.1) is 13.8 Å². The van der Waals surface area contributed by atoms with Gasteiger partial charge in [0, 0.05) is 11.3 Å². The highest BCUT2D eigenvalue weighted by Gasteiger charge is 2.24. The highest BCUT2D eigenvalue weighted by atomic mass is 16.7. The average Bonchev–Trinajstić information content (AvgIpc) is 3.23. The molecular weight excluding hydrogens is 354 g/mol. The number of aryl methyl sites for hydroxylation is 1. The SMILES string of the molecule is CCOC(=O)c1[nH]c(C)c(C(=O)COC(=O)c2ccc3c(c2)OCO3)c1C. The topological polar surface area (TPSA) is 104 Å². The van der Waals surface area contributed by atoms with Crippen LogP contribution in [0.2, 0.25) is 0 Å². The summed E-state index contributed by atoms with van der Waals surface area (Å²) in [6.07, 6.45) is 0. The quantitative estimate of drug-likeness (QED) is 0.613. The van der Waals surface area contributed by atoms with Crippen LogP contribution in [0.1, 0.15) is 49.4 Å². The molecule has 0 spiro atoms. The van der Waals surface area contributed by atoms with Crippen LogP contribution in [0.15, 0.2) is 18.2 Å². The summed E-state index contributed by atoms with van der Waals surface area (Å²) in [5, 5.41) is 0. The Morgan fingerprint density at radius 1 is 1.07 bits per heavy atom. The highest BCUT2D eigenvalue weighted by Crippen LogP contribution is 2.32. The Morgan fingerprint density at radius 3 is 2.56 bits per heavy atom. The third-order valence-electron chi connectivity index (χ3n) is 4.14. The number of carbonyl (C=O) groups excluding carboxylic acids is 3. The van der Waals surface area contributed by atoms with Crippen molar-refractivity contribution in [3.63, 3.8) is 0 Å². The number of aromatic amines is 1. The number of aromatic nitrogens is 1. The van der Waals surface area contributed by atoms with Crippen molar-refractivity contribution in [1.29, 1.82) is 0 Å². The van der Waals surface area contributed by atoms with Gasteiger partial charge in [-0.15, -0.1) is 0 Å². The smallest absolute Gasteiger partial charge is 0.355 e. The van der Waals surface area contributed by atoms with Gasteiger partial charge >= 0.3 is 11.9 Å². The van der Waals surface area contributed by atoms with E-state index >= 15 is 0 Å². The van der Waals surface area contributed by atoms with Crippen LogP contribution in [-0.2, 0) is 9.47 Å². The molecule has 0 radical (unpaired) electrons. The molecule has 1 aromatic carbocycles. The Hall–Kier alpha value is -3.29. The van der Waals surface area contributed by atoms with Crippen LogP contribution in [-0.4, -0.2) is 42.7 Å². The van der Waals surface area contributed by atoms with Crippen LogP contribution in [0.5, 0.6) is 11.5 Å². The molecule has 1 aromatic heterocycles. The molecule has 0 unspecified atom stereocenters. The van der Waals surface area contributed by atoms with Crippen LogP contribution < -0.4 is 9.47 Å². The van der Waals surface area contributed by atoms with Gasteiger partial charge in [-0.1, -0.05) is 0 Å². The molecule has 2 heterocycles. The van der Waals surface area contributed by atoms with Crippen molar-refractivity contribution >= 4 is 17.7 Å². The molecule has 0 atom stereocenters. The summed E-state index contributed by atoms with van der Waals surface area (Å²) in [5.41, 5.74) is 1.77. The van der Waals surface area contributed by atoms with E-state index in [9.17, 15) is 14.4 Å². The summed E-state index contributed by atoms with van der Waals surface area (Å²) in [5.74, 6) is -0.599. The number of ether oxygens (including phenoxy) is 4. The first-order valence-electron chi connectivity index (χ1n) is 8.38. The molecule has 0 aliphatic carbocycles. The lowest BCUT2D eigenvalue weighted by Gasteiger charge is -2.06. The fourth-order valence-electron chi connectivity index (χ4n) is 2.89. The average molecular weight is 373 g/mol. The maximum Gasteiger partial charge on any atom is 0.355 e. The fraction of sp³-hybridized carbons (Fsp3) is 0.316. The van der Waals surface area contributed by atoms with E-state index in [0.717, 1.165) is 0 Å². The molecule has 0 bridgehead atoms. The maximum absolute atomic E-state index is 12.5. The minimum Gasteiger partial charge on any atom is -0.461 e. The Bertz CT molecular complexity index is 913. The molecule has 27 heavy (non-hydrogen) atoms. The zero-order valence-corrected chi connectivity index (χ0v) is 15.2. The van der Waals surface area contributed by atoms with Crippen molar-refractivity contribution in [2.75, 3.05) is 20.0 Å². The molecule has 0 amide bonds. The van der Waals surface area contributed by atoms with Gasteiger partial charge in [0.05, 0.1) is 12.2 Å². The van der Waals surface area contributed by atoms with E-state index in [1.165, 1.54) is 12.1 Å². The number of hydrogen-bond acceptors (Lipinski definition) is 7. The number of carbonyl (C=O) groups is 3. The van der Waals surface area contributed by atoms with Crippen molar-refractivity contribution in [3.8, 4) is 11.5 Å². The van der Waals surface area contributed by atoms with Crippen LogP contribution >= 0.6 is 0 Å². The zero-order chi connectivity index (χ0) is 19.6. The molecule has 1 aliphatic heterocycles. The molecule has 3 rings (SSSR count). The number of nitrogens with one attached hydrogen (secondary N) is 1. The van der Waals surface area contributed by atoms with Crippen molar-refractivity contribution in [3.05, 3.63) is 46.3 Å². The zero-order valence-electron chi connectivity index (χ0n) is 15.2. The number of rotatable bonds is 6. The Morgan fingerprint density at radius 2 is 1.81 bits per heavy atom. The number of ketones is 1. The Labute approximate surface area is 155 Å². The van der Waals surface area contributed by atoms with Gasteiger partial charge in [-0.3, -0.25) is 4.79 Å². The van der Waals surface area contributed by atoms with E-state index in [1.54, 1.807) is 26.8 Å². The van der Waals surface area contributed by atoms with Gasteiger partial charge in [-0.25, -0.2) is 9.59 Å². The van der Waals surface area contributed by atoms with Gasteiger partial charge in [0.25, 0.3) is 0 Å². The van der Waals surface area contributed by atoms with Crippen molar-refractivity contribution in [1.82, 2.24) is 4.98 Å². The lowest BCUT2D eigenvalue weighted by atomic mass is 10.1. The van der Waals surface area contributed by atoms with Gasteiger partial charge in [0.2, 0.25) is 12.6 Å². The number of benzene rings is 1. The third kappa shape index (κ3) is 3.64. The molecular formula is C19H19NO7. The summed E-state index contributed by atoms with van der Waals surface area (Å²) in [7, 11) is 0. The van der Waals surface area contributed by atoms with Gasteiger partial charge in [0.1, 0.15) is 5.69 Å². The van der Waals surface area contributed by atoms with Gasteiger partial charge in [-0.05, 0) is 44.5 Å². The van der Waals surface area contributed by atoms with Gasteiger partial charge in [-0.2, -0.15) is 0 Å². The lowest BCUT2D eigenvalue weighted by molar-refractivity contribution is 0.0472. The first kappa shape index (κ1) is 18.5. The van der Waals surface area contributed by atoms with E-state index < -0.39 is 24.3 Å². The summed E-state index contributed by atoms with van der Waals surface area (Å²) < 4.78 is 20.5. The van der Waals surface area contributed by atoms with E-state index in [1.807, 2.05) is 0 Å². The normalized spacial score (nSPS) is 12.0. The fourth-order valence-corrected chi connectivity index (χ4v) is 2.89. The second kappa shape index (κ2) is 7.53. The van der Waals surface area contributed by atoms with Gasteiger partial charge in [0.15, 0.2) is 18.1 Å². The Balaban J connectivity index is 1.69. The predicted molar refractivity (Wildman–Crippen MR) is 93.4 cm³/mol. The monoisotopic (exact) mass is 373 g/mol. The summed E-state index contributed by atoms with van der Waals surface area (Å²) >= 11 is 0. The Kier molecular flexibility index (Phi) is 5.16. The van der Waals surface area contributed by atoms with Crippen LogP contribution in [0.3, 0.4) is 0 Å². The highest BCUT2D eigenvalue weighted by molar-refractivity contribution is 6.04. The molecule has 0 saturated carbocycles. The molecule has 2 aromatic rings. The molecule has 8 heteroatoms. The maximum atomic E-state index is 12.5. The lowest BCUT2D eigenvalue weighted by Crippen LogP contribution is -2.15. The van der Waals surface area contributed by atoms with Crippen LogP contribution in [0.25, 0.3) is 0 Å². The predicted octanol–water partition coefficient (Wildman–Crippen LogP) is 2.58. The first-order valence-corrected chi connectivity index (χ1v) is 8.38. The molecule has 8 nitrogen and oxygen atoms in total. The van der Waals surface area contributed by atoms with Crippen LogP contribution in [0.4, 0.5) is 0 Å². The summed E-state index contributed by atoms with van der Waals surface area (Å²) in [4.78, 5) is 39.5. The number of H-pyrrole nitrogens is 1. The minimum absolute atomic E-state index is 0.0984. The summed E-state index contributed by atoms with van der Waals surface area (Å²) in [6.45, 7) is 4.89. The molecule has 0 fully saturated rings. The molecule has 0 saturated heterocycles. The summed E-state index contributed by atoms with van der Waals surface area (Å²) in [6, 6.07) is 4.64. The number of hydrogen-bond donors (Lipinski definition) is 1. The number of Topliss-reactive ketones (excluding diaryl/α,β-unsaturated/α-hetero) is 1. The molecule has 142 valence electrons. The third-order valence-corrected chi connectivity index (χ3v) is 4.14. The minimum atomic E-state index is -0.655. The molecule has 1 aliphatic rings. The largest absolute Gasteiger partial charge is 0.461 e.